The van der Waals surface area contributed by atoms with Crippen LogP contribution in [0.2, 0.25) is 0 Å². The highest BCUT2D eigenvalue weighted by molar-refractivity contribution is 5.44. The molecule has 1 aliphatic rings. The Morgan fingerprint density at radius 1 is 1.12 bits per heavy atom. The summed E-state index contributed by atoms with van der Waals surface area (Å²) in [6.45, 7) is 5.69. The Kier molecular flexibility index (Phi) is 3.89. The average Bonchev–Trinajstić information content (AvgIpc) is 2.35. The molecule has 0 fully saturated rings. The summed E-state index contributed by atoms with van der Waals surface area (Å²) in [6.07, 6.45) is 2.16. The topological polar surface area (TPSA) is 44.5 Å². The van der Waals surface area contributed by atoms with E-state index in [1.165, 1.54) is 0 Å². The molecule has 1 heterocycles. The molecule has 94 valence electrons. The third kappa shape index (κ3) is 3.13. The van der Waals surface area contributed by atoms with Gasteiger partial charge < -0.3 is 15.2 Å². The highest BCUT2D eigenvalue weighted by Gasteiger charge is 2.14. The minimum absolute atomic E-state index is 0.0910. The van der Waals surface area contributed by atoms with E-state index >= 15 is 0 Å². The molecule has 17 heavy (non-hydrogen) atoms. The Labute approximate surface area is 103 Å². The highest BCUT2D eigenvalue weighted by Crippen LogP contribution is 2.33. The van der Waals surface area contributed by atoms with Gasteiger partial charge in [0.15, 0.2) is 11.5 Å². The van der Waals surface area contributed by atoms with E-state index in [9.17, 15) is 0 Å². The summed E-state index contributed by atoms with van der Waals surface area (Å²) in [4.78, 5) is 0. The molecular formula is C14H21NO2. The molecule has 1 atom stereocenters. The molecule has 0 saturated carbocycles. The number of hydrogen-bond donors (Lipinski definition) is 1. The second-order valence-corrected chi connectivity index (χ2v) is 4.98. The van der Waals surface area contributed by atoms with Crippen LogP contribution in [0.4, 0.5) is 0 Å². The second kappa shape index (κ2) is 5.41. The Morgan fingerprint density at radius 3 is 2.53 bits per heavy atom. The van der Waals surface area contributed by atoms with Crippen molar-refractivity contribution in [2.75, 3.05) is 13.2 Å². The third-order valence-electron chi connectivity index (χ3n) is 3.05. The third-order valence-corrected chi connectivity index (χ3v) is 3.05. The van der Waals surface area contributed by atoms with Gasteiger partial charge in [0.05, 0.1) is 0 Å². The molecule has 0 bridgehead atoms. The van der Waals surface area contributed by atoms with Crippen LogP contribution in [0.15, 0.2) is 18.2 Å². The summed E-state index contributed by atoms with van der Waals surface area (Å²) in [7, 11) is 0. The van der Waals surface area contributed by atoms with Gasteiger partial charge in [0.1, 0.15) is 13.2 Å². The van der Waals surface area contributed by atoms with Crippen molar-refractivity contribution in [3.63, 3.8) is 0 Å². The van der Waals surface area contributed by atoms with E-state index in [1.807, 2.05) is 18.2 Å². The zero-order valence-electron chi connectivity index (χ0n) is 10.6. The number of ether oxygens (including phenoxy) is 2. The maximum atomic E-state index is 6.18. The van der Waals surface area contributed by atoms with Gasteiger partial charge in [-0.05, 0) is 36.5 Å². The Balaban J connectivity index is 2.05. The van der Waals surface area contributed by atoms with E-state index < -0.39 is 0 Å². The lowest BCUT2D eigenvalue weighted by atomic mass is 9.98. The largest absolute Gasteiger partial charge is 0.486 e. The molecule has 2 N–H and O–H groups in total. The van der Waals surface area contributed by atoms with Gasteiger partial charge in [0, 0.05) is 6.04 Å². The van der Waals surface area contributed by atoms with Crippen LogP contribution in [0.25, 0.3) is 0 Å². The molecule has 0 radical (unpaired) electrons. The first-order chi connectivity index (χ1) is 8.16. The molecule has 0 unspecified atom stereocenters. The summed E-state index contributed by atoms with van der Waals surface area (Å²) in [6, 6.07) is 6.10. The van der Waals surface area contributed by atoms with E-state index in [0.717, 1.165) is 29.9 Å². The van der Waals surface area contributed by atoms with E-state index in [-0.39, 0.29) is 6.04 Å². The molecule has 1 aromatic rings. The number of hydrogen-bond acceptors (Lipinski definition) is 3. The standard InChI is InChI=1S/C14H21NO2/c1-10(2)3-5-12(15)11-4-6-13-14(9-11)17-8-7-16-13/h4,6,9-10,12H,3,5,7-8,15H2,1-2H3/t12-/m1/s1. The number of benzene rings is 1. The van der Waals surface area contributed by atoms with Gasteiger partial charge in [0.25, 0.3) is 0 Å². The lowest BCUT2D eigenvalue weighted by Crippen LogP contribution is -2.17. The van der Waals surface area contributed by atoms with Crippen molar-refractivity contribution in [1.82, 2.24) is 0 Å². The molecule has 3 nitrogen and oxygen atoms in total. The summed E-state index contributed by atoms with van der Waals surface area (Å²) in [5.41, 5.74) is 7.31. The molecule has 0 spiro atoms. The number of rotatable bonds is 4. The van der Waals surface area contributed by atoms with Crippen LogP contribution in [0, 0.1) is 5.92 Å². The van der Waals surface area contributed by atoms with Crippen molar-refractivity contribution in [1.29, 1.82) is 0 Å². The minimum atomic E-state index is 0.0910. The molecule has 0 aliphatic carbocycles. The van der Waals surface area contributed by atoms with Crippen molar-refractivity contribution in [2.45, 2.75) is 32.7 Å². The fourth-order valence-corrected chi connectivity index (χ4v) is 1.97. The quantitative estimate of drug-likeness (QED) is 0.872. The summed E-state index contributed by atoms with van der Waals surface area (Å²) < 4.78 is 11.0. The van der Waals surface area contributed by atoms with Crippen LogP contribution < -0.4 is 15.2 Å². The smallest absolute Gasteiger partial charge is 0.161 e. The fourth-order valence-electron chi connectivity index (χ4n) is 1.97. The van der Waals surface area contributed by atoms with Gasteiger partial charge in [-0.15, -0.1) is 0 Å². The maximum absolute atomic E-state index is 6.18. The Bertz CT molecular complexity index is 376. The van der Waals surface area contributed by atoms with Crippen LogP contribution in [0.5, 0.6) is 11.5 Å². The first kappa shape index (κ1) is 12.2. The summed E-state index contributed by atoms with van der Waals surface area (Å²) in [5, 5.41) is 0. The van der Waals surface area contributed by atoms with Gasteiger partial charge in [-0.3, -0.25) is 0 Å². The van der Waals surface area contributed by atoms with Gasteiger partial charge >= 0.3 is 0 Å². The highest BCUT2D eigenvalue weighted by atomic mass is 16.6. The van der Waals surface area contributed by atoms with Crippen LogP contribution in [0.3, 0.4) is 0 Å². The zero-order chi connectivity index (χ0) is 12.3. The lowest BCUT2D eigenvalue weighted by Gasteiger charge is -2.20. The first-order valence-corrected chi connectivity index (χ1v) is 6.32. The molecule has 1 aromatic carbocycles. The van der Waals surface area contributed by atoms with Crippen LogP contribution >= 0.6 is 0 Å². The van der Waals surface area contributed by atoms with Gasteiger partial charge in [-0.2, -0.15) is 0 Å². The molecule has 0 amide bonds. The number of nitrogens with two attached hydrogens (primary N) is 1. The van der Waals surface area contributed by atoms with Crippen molar-refractivity contribution in [3.8, 4) is 11.5 Å². The maximum Gasteiger partial charge on any atom is 0.161 e. The second-order valence-electron chi connectivity index (χ2n) is 4.98. The predicted molar refractivity (Wildman–Crippen MR) is 68.4 cm³/mol. The first-order valence-electron chi connectivity index (χ1n) is 6.32. The van der Waals surface area contributed by atoms with E-state index in [1.54, 1.807) is 0 Å². The van der Waals surface area contributed by atoms with E-state index in [0.29, 0.717) is 19.1 Å². The molecule has 3 heteroatoms. The summed E-state index contributed by atoms with van der Waals surface area (Å²) in [5.74, 6) is 2.35. The van der Waals surface area contributed by atoms with Crippen molar-refractivity contribution < 1.29 is 9.47 Å². The van der Waals surface area contributed by atoms with Crippen molar-refractivity contribution >= 4 is 0 Å². The molecule has 1 aliphatic heterocycles. The van der Waals surface area contributed by atoms with Crippen LogP contribution in [-0.2, 0) is 0 Å². The van der Waals surface area contributed by atoms with Crippen molar-refractivity contribution in [3.05, 3.63) is 23.8 Å². The summed E-state index contributed by atoms with van der Waals surface area (Å²) >= 11 is 0. The zero-order valence-corrected chi connectivity index (χ0v) is 10.6. The Morgan fingerprint density at radius 2 is 1.82 bits per heavy atom. The van der Waals surface area contributed by atoms with E-state index in [2.05, 4.69) is 13.8 Å². The van der Waals surface area contributed by atoms with Gasteiger partial charge in [-0.25, -0.2) is 0 Å². The Hall–Kier alpha value is -1.22. The fraction of sp³-hybridized carbons (Fsp3) is 0.571. The SMILES string of the molecule is CC(C)CC[C@@H](N)c1ccc2c(c1)OCCO2. The normalized spacial score (nSPS) is 16.0. The molecular weight excluding hydrogens is 214 g/mol. The van der Waals surface area contributed by atoms with Crippen LogP contribution in [-0.4, -0.2) is 13.2 Å². The molecule has 0 aromatic heterocycles. The van der Waals surface area contributed by atoms with Crippen molar-refractivity contribution in [2.24, 2.45) is 11.7 Å². The molecule has 2 rings (SSSR count). The van der Waals surface area contributed by atoms with Crippen LogP contribution in [0.1, 0.15) is 38.3 Å². The number of fused-ring (bicyclic) bond motifs is 1. The van der Waals surface area contributed by atoms with Gasteiger partial charge in [-0.1, -0.05) is 19.9 Å². The minimum Gasteiger partial charge on any atom is -0.486 e. The van der Waals surface area contributed by atoms with Gasteiger partial charge in [0.2, 0.25) is 0 Å². The molecule has 0 saturated heterocycles. The average molecular weight is 235 g/mol. The monoisotopic (exact) mass is 235 g/mol. The lowest BCUT2D eigenvalue weighted by molar-refractivity contribution is 0.171. The van der Waals surface area contributed by atoms with E-state index in [4.69, 9.17) is 15.2 Å². The predicted octanol–water partition coefficient (Wildman–Crippen LogP) is 2.89.